The van der Waals surface area contributed by atoms with Crippen LogP contribution in [0.3, 0.4) is 0 Å². The van der Waals surface area contributed by atoms with Crippen LogP contribution < -0.4 is 10.1 Å². The molecule has 0 radical (unpaired) electrons. The molecular formula is C11H15N5O4. The molecule has 20 heavy (non-hydrogen) atoms. The maximum atomic E-state index is 11.9. The minimum Gasteiger partial charge on any atom is -0.476 e. The van der Waals surface area contributed by atoms with Crippen LogP contribution in [-0.2, 0) is 4.79 Å². The Morgan fingerprint density at radius 1 is 1.50 bits per heavy atom. The van der Waals surface area contributed by atoms with Gasteiger partial charge in [-0.1, -0.05) is 0 Å². The van der Waals surface area contributed by atoms with Crippen molar-refractivity contribution in [3.63, 3.8) is 0 Å². The minimum atomic E-state index is -0.637. The molecule has 2 heterocycles. The average molecular weight is 281 g/mol. The van der Waals surface area contributed by atoms with E-state index in [1.165, 1.54) is 7.11 Å². The molecule has 1 aliphatic heterocycles. The lowest BCUT2D eigenvalue weighted by Gasteiger charge is -2.15. The van der Waals surface area contributed by atoms with Crippen LogP contribution in [0, 0.1) is 10.1 Å². The van der Waals surface area contributed by atoms with Crippen molar-refractivity contribution < 1.29 is 14.5 Å². The van der Waals surface area contributed by atoms with E-state index in [9.17, 15) is 14.9 Å². The first-order valence-corrected chi connectivity index (χ1v) is 6.18. The first-order valence-electron chi connectivity index (χ1n) is 6.18. The number of nitrogens with zero attached hydrogens (tertiary/aromatic N) is 4. The maximum Gasteiger partial charge on any atom is 0.372 e. The lowest BCUT2D eigenvalue weighted by molar-refractivity contribution is -0.385. The van der Waals surface area contributed by atoms with Gasteiger partial charge < -0.3 is 15.0 Å². The third kappa shape index (κ3) is 2.92. The number of anilines is 1. The van der Waals surface area contributed by atoms with E-state index in [1.807, 2.05) is 0 Å². The van der Waals surface area contributed by atoms with E-state index in [1.54, 1.807) is 4.90 Å². The van der Waals surface area contributed by atoms with Gasteiger partial charge in [0.2, 0.25) is 11.7 Å². The molecule has 1 saturated heterocycles. The van der Waals surface area contributed by atoms with Gasteiger partial charge in [0.1, 0.15) is 6.33 Å². The van der Waals surface area contributed by atoms with E-state index in [-0.39, 0.29) is 29.8 Å². The predicted molar refractivity (Wildman–Crippen MR) is 69.5 cm³/mol. The number of nitro groups is 1. The Morgan fingerprint density at radius 2 is 2.20 bits per heavy atom. The monoisotopic (exact) mass is 281 g/mol. The molecule has 0 unspecified atom stereocenters. The highest BCUT2D eigenvalue weighted by atomic mass is 16.6. The van der Waals surface area contributed by atoms with Crippen molar-refractivity contribution in [1.82, 2.24) is 14.9 Å². The van der Waals surface area contributed by atoms with E-state index in [4.69, 9.17) is 4.74 Å². The number of methoxy groups -OCH3 is 1. The first-order chi connectivity index (χ1) is 9.63. The second-order valence-corrected chi connectivity index (χ2v) is 4.28. The molecule has 1 aliphatic rings. The lowest BCUT2D eigenvalue weighted by atomic mass is 10.4. The largest absolute Gasteiger partial charge is 0.476 e. The van der Waals surface area contributed by atoms with E-state index >= 15 is 0 Å². The highest BCUT2D eigenvalue weighted by molar-refractivity contribution is 5.81. The van der Waals surface area contributed by atoms with Crippen LogP contribution in [0.25, 0.3) is 0 Å². The molecule has 1 aromatic rings. The Labute approximate surface area is 115 Å². The standard InChI is InChI=1S/C11H15N5O4/c1-20-11-9(16(18)19)10(13-7-14-11)12-6-8(17)15-4-2-3-5-15/h7H,2-6H2,1H3,(H,12,13,14). The summed E-state index contributed by atoms with van der Waals surface area (Å²) in [5.74, 6) is -0.259. The summed E-state index contributed by atoms with van der Waals surface area (Å²) < 4.78 is 4.83. The summed E-state index contributed by atoms with van der Waals surface area (Å²) >= 11 is 0. The zero-order chi connectivity index (χ0) is 14.5. The van der Waals surface area contributed by atoms with Crippen molar-refractivity contribution in [2.45, 2.75) is 12.8 Å². The highest BCUT2D eigenvalue weighted by Crippen LogP contribution is 2.30. The number of carbonyl (C=O) groups is 1. The number of nitrogens with one attached hydrogen (secondary N) is 1. The number of hydrogen-bond acceptors (Lipinski definition) is 7. The number of rotatable bonds is 5. The molecule has 0 atom stereocenters. The van der Waals surface area contributed by atoms with Gasteiger partial charge in [0.25, 0.3) is 5.88 Å². The topological polar surface area (TPSA) is 110 Å². The normalized spacial score (nSPS) is 14.2. The highest BCUT2D eigenvalue weighted by Gasteiger charge is 2.25. The fourth-order valence-corrected chi connectivity index (χ4v) is 2.04. The fourth-order valence-electron chi connectivity index (χ4n) is 2.04. The van der Waals surface area contributed by atoms with Gasteiger partial charge in [-0.25, -0.2) is 4.98 Å². The Hall–Kier alpha value is -2.45. The number of amides is 1. The van der Waals surface area contributed by atoms with Crippen molar-refractivity contribution in [2.24, 2.45) is 0 Å². The molecule has 0 saturated carbocycles. The minimum absolute atomic E-state index is 0.0191. The lowest BCUT2D eigenvalue weighted by Crippen LogP contribution is -2.33. The van der Waals surface area contributed by atoms with Crippen LogP contribution in [0.5, 0.6) is 5.88 Å². The summed E-state index contributed by atoms with van der Waals surface area (Å²) in [4.78, 5) is 31.4. The van der Waals surface area contributed by atoms with Gasteiger partial charge in [0.15, 0.2) is 0 Å². The van der Waals surface area contributed by atoms with Crippen LogP contribution in [0.1, 0.15) is 12.8 Å². The molecule has 9 nitrogen and oxygen atoms in total. The molecule has 0 aromatic carbocycles. The van der Waals surface area contributed by atoms with Gasteiger partial charge in [-0.05, 0) is 12.8 Å². The van der Waals surface area contributed by atoms with Gasteiger partial charge in [-0.3, -0.25) is 14.9 Å². The zero-order valence-electron chi connectivity index (χ0n) is 11.0. The predicted octanol–water partition coefficient (Wildman–Crippen LogP) is 0.428. The maximum absolute atomic E-state index is 11.9. The Balaban J connectivity index is 2.09. The van der Waals surface area contributed by atoms with E-state index < -0.39 is 4.92 Å². The molecule has 2 rings (SSSR count). The summed E-state index contributed by atoms with van der Waals surface area (Å²) in [5.41, 5.74) is -0.371. The second-order valence-electron chi connectivity index (χ2n) is 4.28. The Bertz CT molecular complexity index is 516. The van der Waals surface area contributed by atoms with Crippen molar-refractivity contribution in [3.05, 3.63) is 16.4 Å². The summed E-state index contributed by atoms with van der Waals surface area (Å²) in [7, 11) is 1.29. The number of ether oxygens (including phenoxy) is 1. The van der Waals surface area contributed by atoms with E-state index in [0.717, 1.165) is 32.3 Å². The average Bonchev–Trinajstić information content (AvgIpc) is 2.98. The molecule has 0 bridgehead atoms. The first kappa shape index (κ1) is 14.0. The van der Waals surface area contributed by atoms with Crippen molar-refractivity contribution in [2.75, 3.05) is 32.1 Å². The summed E-state index contributed by atoms with van der Waals surface area (Å²) in [5, 5.41) is 13.7. The van der Waals surface area contributed by atoms with Gasteiger partial charge in [-0.2, -0.15) is 4.98 Å². The fraction of sp³-hybridized carbons (Fsp3) is 0.545. The summed E-state index contributed by atoms with van der Waals surface area (Å²) in [6.45, 7) is 1.42. The van der Waals surface area contributed by atoms with E-state index in [0.29, 0.717) is 0 Å². The van der Waals surface area contributed by atoms with Crippen LogP contribution in [-0.4, -0.2) is 52.4 Å². The van der Waals surface area contributed by atoms with E-state index in [2.05, 4.69) is 15.3 Å². The number of likely N-dealkylation sites (tertiary alicyclic amines) is 1. The molecule has 1 aromatic heterocycles. The van der Waals surface area contributed by atoms with Crippen molar-refractivity contribution >= 4 is 17.4 Å². The van der Waals surface area contributed by atoms with Crippen molar-refractivity contribution in [1.29, 1.82) is 0 Å². The molecular weight excluding hydrogens is 266 g/mol. The van der Waals surface area contributed by atoms with Crippen LogP contribution in [0.4, 0.5) is 11.5 Å². The third-order valence-electron chi connectivity index (χ3n) is 3.03. The smallest absolute Gasteiger partial charge is 0.372 e. The molecule has 0 aliphatic carbocycles. The molecule has 1 N–H and O–H groups in total. The van der Waals surface area contributed by atoms with Crippen LogP contribution in [0.2, 0.25) is 0 Å². The molecule has 9 heteroatoms. The molecule has 0 spiro atoms. The quantitative estimate of drug-likeness (QED) is 0.615. The van der Waals surface area contributed by atoms with Crippen LogP contribution in [0.15, 0.2) is 6.33 Å². The van der Waals surface area contributed by atoms with Crippen molar-refractivity contribution in [3.8, 4) is 5.88 Å². The Kier molecular flexibility index (Phi) is 4.28. The van der Waals surface area contributed by atoms with Gasteiger partial charge in [-0.15, -0.1) is 0 Å². The summed E-state index contributed by atoms with van der Waals surface area (Å²) in [6, 6.07) is 0. The number of hydrogen-bond donors (Lipinski definition) is 1. The van der Waals surface area contributed by atoms with Gasteiger partial charge in [0, 0.05) is 13.1 Å². The van der Waals surface area contributed by atoms with Crippen LogP contribution >= 0.6 is 0 Å². The Morgan fingerprint density at radius 3 is 2.80 bits per heavy atom. The number of carbonyl (C=O) groups excluding carboxylic acids is 1. The second kappa shape index (κ2) is 6.13. The molecule has 1 amide bonds. The zero-order valence-corrected chi connectivity index (χ0v) is 11.0. The van der Waals surface area contributed by atoms with Gasteiger partial charge in [0.05, 0.1) is 18.6 Å². The summed E-state index contributed by atoms with van der Waals surface area (Å²) in [6.07, 6.45) is 3.13. The number of aromatic nitrogens is 2. The third-order valence-corrected chi connectivity index (χ3v) is 3.03. The molecule has 108 valence electrons. The SMILES string of the molecule is COc1ncnc(NCC(=O)N2CCCC2)c1[N+](=O)[O-]. The van der Waals surface area contributed by atoms with Gasteiger partial charge >= 0.3 is 5.69 Å². The molecule has 1 fully saturated rings.